The smallest absolute Gasteiger partial charge is 0.309 e. The van der Waals surface area contributed by atoms with E-state index in [0.29, 0.717) is 5.92 Å². The summed E-state index contributed by atoms with van der Waals surface area (Å²) in [6.07, 6.45) is 10.2. The van der Waals surface area contributed by atoms with Crippen LogP contribution in [0.1, 0.15) is 72.1 Å². The molecule has 1 atom stereocenters. The molecule has 118 valence electrons. The number of carbonyl (C=O) groups is 1. The molecule has 0 aromatic carbocycles. The number of unbranched alkanes of at least 4 members (excludes halogenated alkanes) is 5. The standard InChI is InChI=1S/C17H33NO2/c1-4-5-6-7-8-9-12-18-13-10-11-15(14-18)17(2,3)16(19)20/h15H,4-14H2,1-3H3,(H,19,20). The molecule has 0 aliphatic carbocycles. The lowest BCUT2D eigenvalue weighted by Crippen LogP contribution is -2.44. The lowest BCUT2D eigenvalue weighted by molar-refractivity contribution is -0.151. The first-order valence-electron chi connectivity index (χ1n) is 8.44. The van der Waals surface area contributed by atoms with E-state index in [9.17, 15) is 9.90 Å². The van der Waals surface area contributed by atoms with Crippen LogP contribution in [0, 0.1) is 11.3 Å². The average molecular weight is 283 g/mol. The molecule has 1 fully saturated rings. The van der Waals surface area contributed by atoms with Crippen LogP contribution in [0.25, 0.3) is 0 Å². The van der Waals surface area contributed by atoms with Gasteiger partial charge in [0.05, 0.1) is 5.41 Å². The number of nitrogens with zero attached hydrogens (tertiary/aromatic N) is 1. The van der Waals surface area contributed by atoms with E-state index in [2.05, 4.69) is 11.8 Å². The van der Waals surface area contributed by atoms with Crippen molar-refractivity contribution in [2.75, 3.05) is 19.6 Å². The molecule has 0 radical (unpaired) electrons. The molecule has 0 aromatic rings. The Morgan fingerprint density at radius 3 is 2.50 bits per heavy atom. The quantitative estimate of drug-likeness (QED) is 0.646. The van der Waals surface area contributed by atoms with Gasteiger partial charge in [-0.1, -0.05) is 39.0 Å². The highest BCUT2D eigenvalue weighted by Gasteiger charge is 2.38. The third-order valence-electron chi connectivity index (χ3n) is 4.91. The zero-order valence-corrected chi connectivity index (χ0v) is 13.7. The molecule has 20 heavy (non-hydrogen) atoms. The topological polar surface area (TPSA) is 40.5 Å². The highest BCUT2D eigenvalue weighted by Crippen LogP contribution is 2.34. The lowest BCUT2D eigenvalue weighted by atomic mass is 9.74. The first-order chi connectivity index (χ1) is 9.48. The van der Waals surface area contributed by atoms with Crippen molar-refractivity contribution in [3.8, 4) is 0 Å². The number of hydrogen-bond donors (Lipinski definition) is 1. The Balaban J connectivity index is 2.26. The summed E-state index contributed by atoms with van der Waals surface area (Å²) in [6, 6.07) is 0. The van der Waals surface area contributed by atoms with Crippen LogP contribution in [0.15, 0.2) is 0 Å². The van der Waals surface area contributed by atoms with E-state index in [4.69, 9.17) is 0 Å². The Kier molecular flexibility index (Phi) is 7.57. The lowest BCUT2D eigenvalue weighted by Gasteiger charge is -2.39. The summed E-state index contributed by atoms with van der Waals surface area (Å²) >= 11 is 0. The SMILES string of the molecule is CCCCCCCCN1CCCC(C(C)(C)C(=O)O)C1. The van der Waals surface area contributed by atoms with Gasteiger partial charge in [-0.25, -0.2) is 0 Å². The van der Waals surface area contributed by atoms with E-state index in [1.54, 1.807) is 0 Å². The molecule has 1 saturated heterocycles. The minimum atomic E-state index is -0.649. The first-order valence-corrected chi connectivity index (χ1v) is 8.44. The summed E-state index contributed by atoms with van der Waals surface area (Å²) in [6.45, 7) is 9.29. The third kappa shape index (κ3) is 5.43. The maximum absolute atomic E-state index is 11.4. The van der Waals surface area contributed by atoms with Crippen molar-refractivity contribution in [3.05, 3.63) is 0 Å². The summed E-state index contributed by atoms with van der Waals surface area (Å²) in [7, 11) is 0. The zero-order valence-electron chi connectivity index (χ0n) is 13.7. The summed E-state index contributed by atoms with van der Waals surface area (Å²) in [5.74, 6) is -0.349. The second-order valence-electron chi connectivity index (χ2n) is 6.93. The molecule has 1 rings (SSSR count). The molecular formula is C17H33NO2. The fourth-order valence-corrected chi connectivity index (χ4v) is 3.14. The van der Waals surface area contributed by atoms with Crippen molar-refractivity contribution in [2.24, 2.45) is 11.3 Å². The van der Waals surface area contributed by atoms with E-state index >= 15 is 0 Å². The van der Waals surface area contributed by atoms with Crippen molar-refractivity contribution in [1.29, 1.82) is 0 Å². The molecule has 1 aliphatic rings. The number of aliphatic carboxylic acids is 1. The predicted molar refractivity (Wildman–Crippen MR) is 84.0 cm³/mol. The highest BCUT2D eigenvalue weighted by molar-refractivity contribution is 5.74. The van der Waals surface area contributed by atoms with Gasteiger partial charge >= 0.3 is 5.97 Å². The molecule has 0 saturated carbocycles. The minimum Gasteiger partial charge on any atom is -0.481 e. The van der Waals surface area contributed by atoms with Crippen molar-refractivity contribution in [1.82, 2.24) is 4.90 Å². The molecule has 3 nitrogen and oxygen atoms in total. The van der Waals surface area contributed by atoms with E-state index < -0.39 is 11.4 Å². The highest BCUT2D eigenvalue weighted by atomic mass is 16.4. The Hall–Kier alpha value is -0.570. The second kappa shape index (κ2) is 8.66. The van der Waals surface area contributed by atoms with Crippen LogP contribution < -0.4 is 0 Å². The van der Waals surface area contributed by atoms with E-state index in [1.807, 2.05) is 13.8 Å². The van der Waals surface area contributed by atoms with Gasteiger partial charge < -0.3 is 10.0 Å². The number of rotatable bonds is 9. The monoisotopic (exact) mass is 283 g/mol. The molecule has 0 aromatic heterocycles. The Morgan fingerprint density at radius 2 is 1.85 bits per heavy atom. The van der Waals surface area contributed by atoms with Crippen LogP contribution >= 0.6 is 0 Å². The van der Waals surface area contributed by atoms with Crippen LogP contribution in [0.2, 0.25) is 0 Å². The largest absolute Gasteiger partial charge is 0.481 e. The summed E-state index contributed by atoms with van der Waals surface area (Å²) in [5, 5.41) is 9.36. The number of carboxylic acids is 1. The third-order valence-corrected chi connectivity index (χ3v) is 4.91. The molecular weight excluding hydrogens is 250 g/mol. The van der Waals surface area contributed by atoms with E-state index in [0.717, 1.165) is 32.5 Å². The predicted octanol–water partition coefficient (Wildman–Crippen LogP) is 4.17. The van der Waals surface area contributed by atoms with Crippen LogP contribution in [-0.2, 0) is 4.79 Å². The van der Waals surface area contributed by atoms with Gasteiger partial charge in [-0.3, -0.25) is 4.79 Å². The number of likely N-dealkylation sites (tertiary alicyclic amines) is 1. The first kappa shape index (κ1) is 17.5. The molecule has 0 bridgehead atoms. The Bertz CT molecular complexity index is 289. The van der Waals surface area contributed by atoms with Crippen LogP contribution in [0.3, 0.4) is 0 Å². The maximum Gasteiger partial charge on any atom is 0.309 e. The van der Waals surface area contributed by atoms with Gasteiger partial charge in [0.25, 0.3) is 0 Å². The van der Waals surface area contributed by atoms with Crippen molar-refractivity contribution >= 4 is 5.97 Å². The average Bonchev–Trinajstić information content (AvgIpc) is 2.43. The fourth-order valence-electron chi connectivity index (χ4n) is 3.14. The Labute approximate surface area is 124 Å². The zero-order chi connectivity index (χ0) is 15.0. The molecule has 1 heterocycles. The maximum atomic E-state index is 11.4. The molecule has 3 heteroatoms. The van der Waals surface area contributed by atoms with Gasteiger partial charge in [-0.2, -0.15) is 0 Å². The van der Waals surface area contributed by atoms with Gasteiger partial charge in [-0.05, 0) is 52.1 Å². The van der Waals surface area contributed by atoms with Crippen LogP contribution in [0.4, 0.5) is 0 Å². The normalized spacial score (nSPS) is 21.1. The fraction of sp³-hybridized carbons (Fsp3) is 0.941. The molecule has 1 N–H and O–H groups in total. The number of carboxylic acid groups (broad SMARTS) is 1. The van der Waals surface area contributed by atoms with Gasteiger partial charge in [0.15, 0.2) is 0 Å². The van der Waals surface area contributed by atoms with E-state index in [-0.39, 0.29) is 0 Å². The Morgan fingerprint density at radius 1 is 1.20 bits per heavy atom. The molecule has 0 amide bonds. The summed E-state index contributed by atoms with van der Waals surface area (Å²) in [5.41, 5.74) is -0.584. The molecule has 0 spiro atoms. The number of hydrogen-bond acceptors (Lipinski definition) is 2. The van der Waals surface area contributed by atoms with Crippen molar-refractivity contribution in [2.45, 2.75) is 72.1 Å². The van der Waals surface area contributed by atoms with Gasteiger partial charge in [0, 0.05) is 6.54 Å². The summed E-state index contributed by atoms with van der Waals surface area (Å²) in [4.78, 5) is 13.9. The molecule has 1 aliphatic heterocycles. The minimum absolute atomic E-state index is 0.300. The molecule has 1 unspecified atom stereocenters. The number of piperidine rings is 1. The van der Waals surface area contributed by atoms with Crippen LogP contribution in [-0.4, -0.2) is 35.6 Å². The summed E-state index contributed by atoms with van der Waals surface area (Å²) < 4.78 is 0. The van der Waals surface area contributed by atoms with Crippen molar-refractivity contribution < 1.29 is 9.90 Å². The second-order valence-corrected chi connectivity index (χ2v) is 6.93. The van der Waals surface area contributed by atoms with E-state index in [1.165, 1.54) is 38.5 Å². The van der Waals surface area contributed by atoms with Crippen LogP contribution in [0.5, 0.6) is 0 Å². The van der Waals surface area contributed by atoms with Gasteiger partial charge in [0.1, 0.15) is 0 Å². The van der Waals surface area contributed by atoms with Gasteiger partial charge in [-0.15, -0.1) is 0 Å². The van der Waals surface area contributed by atoms with Crippen molar-refractivity contribution in [3.63, 3.8) is 0 Å². The van der Waals surface area contributed by atoms with Gasteiger partial charge in [0.2, 0.25) is 0 Å².